The highest BCUT2D eigenvalue weighted by Gasteiger charge is 2.43. The van der Waals surface area contributed by atoms with Gasteiger partial charge in [-0.3, -0.25) is 24.0 Å². The second-order valence-corrected chi connectivity index (χ2v) is 10.4. The lowest BCUT2D eigenvalue weighted by atomic mass is 9.85. The number of piperidine rings is 1. The third-order valence-corrected chi connectivity index (χ3v) is 6.86. The van der Waals surface area contributed by atoms with Crippen molar-refractivity contribution in [3.8, 4) is 6.01 Å². The molecule has 1 saturated heterocycles. The van der Waals surface area contributed by atoms with Crippen LogP contribution in [0.1, 0.15) is 62.7 Å². The van der Waals surface area contributed by atoms with Crippen molar-refractivity contribution in [2.24, 2.45) is 5.92 Å². The molecule has 5 amide bonds. The number of nitrogens with zero attached hydrogens (tertiary/aromatic N) is 3. The number of rotatable bonds is 15. The van der Waals surface area contributed by atoms with Crippen molar-refractivity contribution in [3.63, 3.8) is 0 Å². The topological polar surface area (TPSA) is 215 Å². The minimum absolute atomic E-state index is 0.187. The summed E-state index contributed by atoms with van der Waals surface area (Å²) in [4.78, 5) is 72.0. The van der Waals surface area contributed by atoms with E-state index in [4.69, 9.17) is 10.2 Å². The molecular formula is C26H42N8O7. The van der Waals surface area contributed by atoms with Crippen LogP contribution >= 0.6 is 0 Å². The molecule has 15 heteroatoms. The molecule has 0 radical (unpaired) electrons. The van der Waals surface area contributed by atoms with Crippen molar-refractivity contribution < 1.29 is 34.2 Å². The summed E-state index contributed by atoms with van der Waals surface area (Å²) in [6.45, 7) is 4.20. The Labute approximate surface area is 239 Å². The van der Waals surface area contributed by atoms with Gasteiger partial charge in [-0.2, -0.15) is 0 Å². The minimum Gasteiger partial charge on any atom is -0.479 e. The molecule has 1 aliphatic rings. The number of amides is 5. The molecule has 0 aliphatic carbocycles. The Bertz CT molecular complexity index is 1040. The molecule has 7 N–H and O–H groups in total. The molecule has 2 rings (SSSR count). The molecule has 2 heterocycles. The fourth-order valence-corrected chi connectivity index (χ4v) is 4.31. The lowest BCUT2D eigenvalue weighted by molar-refractivity contribution is -0.138. The molecule has 0 bridgehead atoms. The Morgan fingerprint density at radius 2 is 1.63 bits per heavy atom. The number of aliphatic hydroxyl groups excluding tert-OH is 1. The summed E-state index contributed by atoms with van der Waals surface area (Å²) in [5.41, 5.74) is -1.01. The smallest absolute Gasteiger partial charge is 0.313 e. The summed E-state index contributed by atoms with van der Waals surface area (Å²) in [6, 6.07) is -1.28. The maximum Gasteiger partial charge on any atom is 0.313 e. The van der Waals surface area contributed by atoms with Crippen LogP contribution in [0.15, 0.2) is 12.4 Å². The predicted octanol–water partition coefficient (Wildman–Crippen LogP) is -1.62. The van der Waals surface area contributed by atoms with Gasteiger partial charge in [0, 0.05) is 38.4 Å². The van der Waals surface area contributed by atoms with Gasteiger partial charge in [0.25, 0.3) is 5.91 Å². The van der Waals surface area contributed by atoms with Gasteiger partial charge in [0.2, 0.25) is 23.6 Å². The largest absolute Gasteiger partial charge is 0.479 e. The summed E-state index contributed by atoms with van der Waals surface area (Å²) in [5.74, 6) is -2.44. The van der Waals surface area contributed by atoms with Crippen molar-refractivity contribution >= 4 is 29.5 Å². The quantitative estimate of drug-likeness (QED) is 0.0932. The number of likely N-dealkylation sites (tertiary alicyclic amines) is 1. The predicted molar refractivity (Wildman–Crippen MR) is 147 cm³/mol. The number of aromatic hydroxyl groups is 1. The van der Waals surface area contributed by atoms with Gasteiger partial charge in [-0.15, -0.1) is 0 Å². The highest BCUT2D eigenvalue weighted by Crippen LogP contribution is 2.23. The van der Waals surface area contributed by atoms with E-state index in [0.717, 1.165) is 0 Å². The van der Waals surface area contributed by atoms with Crippen LogP contribution in [0.3, 0.4) is 0 Å². The number of unbranched alkanes of at least 4 members (excludes halogenated alkanes) is 2. The van der Waals surface area contributed by atoms with E-state index in [9.17, 15) is 24.0 Å². The van der Waals surface area contributed by atoms with E-state index in [0.29, 0.717) is 51.7 Å². The molecule has 228 valence electrons. The second-order valence-electron chi connectivity index (χ2n) is 10.4. The van der Waals surface area contributed by atoms with Gasteiger partial charge in [-0.1, -0.05) is 20.3 Å². The molecule has 1 aromatic rings. The molecule has 1 aromatic heterocycles. The van der Waals surface area contributed by atoms with Gasteiger partial charge in [0.05, 0.1) is 12.1 Å². The zero-order chi connectivity index (χ0) is 30.4. The Morgan fingerprint density at radius 3 is 2.24 bits per heavy atom. The van der Waals surface area contributed by atoms with Crippen LogP contribution in [-0.4, -0.2) is 106 Å². The van der Waals surface area contributed by atoms with Crippen LogP contribution in [0.25, 0.3) is 0 Å². The number of hydrogen-bond donors (Lipinski definition) is 7. The number of carbonyl (C=O) groups excluding carboxylic acids is 5. The molecule has 0 unspecified atom stereocenters. The Morgan fingerprint density at radius 1 is 0.976 bits per heavy atom. The van der Waals surface area contributed by atoms with E-state index in [1.807, 2.05) is 11.9 Å². The summed E-state index contributed by atoms with van der Waals surface area (Å²) in [6.07, 6.45) is 5.14. The average Bonchev–Trinajstić information content (AvgIpc) is 2.93. The SMILES string of the molecule is CC(C)[C@H](NC(=O)CCCCCNC(=O)c1cnc(O)nc1)C(=O)NC1(C(=O)NCC(=O)NCO)CCN(C)CC1. The van der Waals surface area contributed by atoms with E-state index in [1.54, 1.807) is 13.8 Å². The molecule has 0 aromatic carbocycles. The number of aliphatic hydroxyl groups is 1. The van der Waals surface area contributed by atoms with Gasteiger partial charge < -0.3 is 41.7 Å². The molecular weight excluding hydrogens is 536 g/mol. The van der Waals surface area contributed by atoms with Gasteiger partial charge in [0.1, 0.15) is 18.3 Å². The molecule has 1 atom stereocenters. The fourth-order valence-electron chi connectivity index (χ4n) is 4.31. The lowest BCUT2D eigenvalue weighted by Gasteiger charge is -2.41. The lowest BCUT2D eigenvalue weighted by Crippen LogP contribution is -2.66. The van der Waals surface area contributed by atoms with E-state index in [-0.39, 0.29) is 36.3 Å². The van der Waals surface area contributed by atoms with E-state index in [1.165, 1.54) is 12.4 Å². The Balaban J connectivity index is 1.84. The first-order chi connectivity index (χ1) is 19.5. The first-order valence-corrected chi connectivity index (χ1v) is 13.7. The van der Waals surface area contributed by atoms with Gasteiger partial charge in [-0.25, -0.2) is 9.97 Å². The monoisotopic (exact) mass is 578 g/mol. The van der Waals surface area contributed by atoms with E-state index in [2.05, 4.69) is 36.6 Å². The standard InChI is InChI=1S/C26H42N8O7/c1-17(2)21(32-19(36)7-5-4-6-10-27-22(38)18-13-29-25(41)30-14-18)23(39)33-26(8-11-34(3)12-9-26)24(40)28-15-20(37)31-16-35/h13-14,17,21,35H,4-12,15-16H2,1-3H3,(H,27,38)(H,28,40)(H,31,37)(H,32,36)(H,33,39)(H,29,30,41)/t21-/m0/s1. The van der Waals surface area contributed by atoms with Crippen molar-refractivity contribution in [1.82, 2.24) is 41.5 Å². The fraction of sp³-hybridized carbons (Fsp3) is 0.654. The van der Waals surface area contributed by atoms with Crippen LogP contribution in [0.5, 0.6) is 6.01 Å². The summed E-state index contributed by atoms with van der Waals surface area (Å²) in [5, 5.41) is 31.0. The van der Waals surface area contributed by atoms with Gasteiger partial charge >= 0.3 is 6.01 Å². The first-order valence-electron chi connectivity index (χ1n) is 13.7. The Hall–Kier alpha value is -3.85. The third-order valence-electron chi connectivity index (χ3n) is 6.86. The molecule has 1 fully saturated rings. The van der Waals surface area contributed by atoms with Crippen LogP contribution < -0.4 is 26.6 Å². The Kier molecular flexibility index (Phi) is 13.4. The molecule has 41 heavy (non-hydrogen) atoms. The normalized spacial score (nSPS) is 15.4. The van der Waals surface area contributed by atoms with Crippen LogP contribution in [0, 0.1) is 5.92 Å². The summed E-state index contributed by atoms with van der Waals surface area (Å²) < 4.78 is 0. The van der Waals surface area contributed by atoms with Gasteiger partial charge in [0.15, 0.2) is 0 Å². The maximum atomic E-state index is 13.3. The number of carbonyl (C=O) groups is 5. The highest BCUT2D eigenvalue weighted by molar-refractivity contribution is 5.96. The van der Waals surface area contributed by atoms with Crippen molar-refractivity contribution in [3.05, 3.63) is 18.0 Å². The number of aromatic nitrogens is 2. The number of hydrogen-bond acceptors (Lipinski definition) is 10. The number of nitrogens with one attached hydrogen (secondary N) is 5. The van der Waals surface area contributed by atoms with Gasteiger partial charge in [-0.05, 0) is 38.6 Å². The van der Waals surface area contributed by atoms with Crippen molar-refractivity contribution in [2.45, 2.75) is 64.0 Å². The zero-order valence-corrected chi connectivity index (χ0v) is 23.9. The van der Waals surface area contributed by atoms with E-state index >= 15 is 0 Å². The van der Waals surface area contributed by atoms with Crippen molar-refractivity contribution in [1.29, 1.82) is 0 Å². The van der Waals surface area contributed by atoms with Crippen molar-refractivity contribution in [2.75, 3.05) is 40.0 Å². The van der Waals surface area contributed by atoms with Crippen LogP contribution in [-0.2, 0) is 19.2 Å². The third kappa shape index (κ3) is 10.9. The maximum absolute atomic E-state index is 13.3. The van der Waals surface area contributed by atoms with Crippen LogP contribution in [0.2, 0.25) is 0 Å². The molecule has 15 nitrogen and oxygen atoms in total. The second kappa shape index (κ2) is 16.4. The summed E-state index contributed by atoms with van der Waals surface area (Å²) >= 11 is 0. The molecule has 0 saturated carbocycles. The highest BCUT2D eigenvalue weighted by atomic mass is 16.3. The first kappa shape index (κ1) is 33.4. The zero-order valence-electron chi connectivity index (χ0n) is 23.9. The van der Waals surface area contributed by atoms with Crippen LogP contribution in [0.4, 0.5) is 0 Å². The molecule has 0 spiro atoms. The summed E-state index contributed by atoms with van der Waals surface area (Å²) in [7, 11) is 1.91. The molecule has 1 aliphatic heterocycles. The van der Waals surface area contributed by atoms with E-state index < -0.39 is 42.0 Å². The minimum atomic E-state index is -1.24. The average molecular weight is 579 g/mol.